The van der Waals surface area contributed by atoms with E-state index in [1.165, 1.54) is 5.56 Å². The van der Waals surface area contributed by atoms with E-state index in [9.17, 15) is 0 Å². The zero-order valence-corrected chi connectivity index (χ0v) is 10.4. The van der Waals surface area contributed by atoms with Gasteiger partial charge in [0.2, 0.25) is 0 Å². The minimum atomic E-state index is 0.774. The third-order valence-electron chi connectivity index (χ3n) is 2.94. The summed E-state index contributed by atoms with van der Waals surface area (Å²) in [6.45, 7) is 4.06. The molecule has 0 saturated heterocycles. The Balaban J connectivity index is 2.24. The van der Waals surface area contributed by atoms with E-state index in [2.05, 4.69) is 27.9 Å². The number of nitrogens with zero attached hydrogens (tertiary/aromatic N) is 3. The van der Waals surface area contributed by atoms with Crippen LogP contribution < -0.4 is 0 Å². The molecule has 0 fully saturated rings. The molecule has 0 unspecified atom stereocenters. The molecule has 0 aliphatic carbocycles. The standard InChI is InChI=1S/C15H13N3/c1-10-9-14(13-7-3-5-11(2)17-13)18-15-12(10)6-4-8-16-15/h3-9H,1-2H3. The maximum atomic E-state index is 4.57. The zero-order chi connectivity index (χ0) is 12.5. The minimum Gasteiger partial charge on any atom is -0.251 e. The van der Waals surface area contributed by atoms with Crippen molar-refractivity contribution < 1.29 is 0 Å². The van der Waals surface area contributed by atoms with Crippen LogP contribution in [0.2, 0.25) is 0 Å². The molecule has 0 N–H and O–H groups in total. The number of rotatable bonds is 1. The summed E-state index contributed by atoms with van der Waals surface area (Å²) in [4.78, 5) is 13.4. The van der Waals surface area contributed by atoms with Crippen LogP contribution >= 0.6 is 0 Å². The predicted octanol–water partition coefficient (Wildman–Crippen LogP) is 3.31. The van der Waals surface area contributed by atoms with E-state index in [1.807, 2.05) is 37.3 Å². The first-order valence-electron chi connectivity index (χ1n) is 5.90. The van der Waals surface area contributed by atoms with E-state index in [0.29, 0.717) is 0 Å². The van der Waals surface area contributed by atoms with Gasteiger partial charge < -0.3 is 0 Å². The van der Waals surface area contributed by atoms with Crippen molar-refractivity contribution in [1.29, 1.82) is 0 Å². The SMILES string of the molecule is Cc1cccc(-c2cc(C)c3cccnc3n2)n1. The first-order valence-corrected chi connectivity index (χ1v) is 5.90. The molecular weight excluding hydrogens is 222 g/mol. The second-order valence-electron chi connectivity index (χ2n) is 4.36. The van der Waals surface area contributed by atoms with Gasteiger partial charge in [-0.05, 0) is 49.7 Å². The third-order valence-corrected chi connectivity index (χ3v) is 2.94. The lowest BCUT2D eigenvalue weighted by atomic mass is 10.1. The minimum absolute atomic E-state index is 0.774. The maximum Gasteiger partial charge on any atom is 0.160 e. The number of aryl methyl sites for hydroxylation is 2. The van der Waals surface area contributed by atoms with E-state index in [0.717, 1.165) is 28.1 Å². The highest BCUT2D eigenvalue weighted by Gasteiger charge is 2.06. The lowest BCUT2D eigenvalue weighted by molar-refractivity contribution is 1.17. The lowest BCUT2D eigenvalue weighted by Crippen LogP contribution is -1.93. The van der Waals surface area contributed by atoms with Gasteiger partial charge in [0.1, 0.15) is 0 Å². The van der Waals surface area contributed by atoms with Crippen LogP contribution in [0.1, 0.15) is 11.3 Å². The molecule has 3 rings (SSSR count). The molecule has 88 valence electrons. The molecule has 3 heterocycles. The van der Waals surface area contributed by atoms with Gasteiger partial charge in [0.15, 0.2) is 5.65 Å². The monoisotopic (exact) mass is 235 g/mol. The summed E-state index contributed by atoms with van der Waals surface area (Å²) >= 11 is 0. The summed E-state index contributed by atoms with van der Waals surface area (Å²) in [5.41, 5.74) is 4.71. The molecule has 3 aromatic heterocycles. The molecule has 0 aromatic carbocycles. The summed E-state index contributed by atoms with van der Waals surface area (Å²) < 4.78 is 0. The summed E-state index contributed by atoms with van der Waals surface area (Å²) in [7, 11) is 0. The fraction of sp³-hybridized carbons (Fsp3) is 0.133. The van der Waals surface area contributed by atoms with Crippen molar-refractivity contribution in [2.45, 2.75) is 13.8 Å². The molecule has 0 aliphatic heterocycles. The highest BCUT2D eigenvalue weighted by Crippen LogP contribution is 2.21. The average molecular weight is 235 g/mol. The highest BCUT2D eigenvalue weighted by molar-refractivity contribution is 5.81. The predicted molar refractivity (Wildman–Crippen MR) is 72.2 cm³/mol. The van der Waals surface area contributed by atoms with Crippen molar-refractivity contribution in [3.05, 3.63) is 53.9 Å². The summed E-state index contributed by atoms with van der Waals surface area (Å²) in [5, 5.41) is 1.09. The molecule has 0 radical (unpaired) electrons. The number of fused-ring (bicyclic) bond motifs is 1. The molecule has 3 nitrogen and oxygen atoms in total. The Bertz CT molecular complexity index is 720. The fourth-order valence-corrected chi connectivity index (χ4v) is 2.04. The van der Waals surface area contributed by atoms with Crippen LogP contribution in [0.25, 0.3) is 22.4 Å². The smallest absolute Gasteiger partial charge is 0.160 e. The van der Waals surface area contributed by atoms with Gasteiger partial charge in [0.05, 0.1) is 11.4 Å². The number of aromatic nitrogens is 3. The molecule has 0 saturated carbocycles. The molecule has 0 aliphatic rings. The highest BCUT2D eigenvalue weighted by atomic mass is 14.9. The van der Waals surface area contributed by atoms with E-state index >= 15 is 0 Å². The van der Waals surface area contributed by atoms with E-state index in [1.54, 1.807) is 6.20 Å². The van der Waals surface area contributed by atoms with Crippen LogP contribution in [-0.2, 0) is 0 Å². The van der Waals surface area contributed by atoms with E-state index < -0.39 is 0 Å². The van der Waals surface area contributed by atoms with E-state index in [-0.39, 0.29) is 0 Å². The van der Waals surface area contributed by atoms with Gasteiger partial charge >= 0.3 is 0 Å². The van der Waals surface area contributed by atoms with Crippen LogP contribution in [0.3, 0.4) is 0 Å². The number of hydrogen-bond acceptors (Lipinski definition) is 3. The van der Waals surface area contributed by atoms with Crippen molar-refractivity contribution >= 4 is 11.0 Å². The van der Waals surface area contributed by atoms with Crippen molar-refractivity contribution in [2.24, 2.45) is 0 Å². The molecule has 0 atom stereocenters. The van der Waals surface area contributed by atoms with Gasteiger partial charge in [-0.3, -0.25) is 4.98 Å². The summed E-state index contributed by atoms with van der Waals surface area (Å²) in [6.07, 6.45) is 1.77. The molecule has 3 aromatic rings. The van der Waals surface area contributed by atoms with Gasteiger partial charge in [-0.15, -0.1) is 0 Å². The van der Waals surface area contributed by atoms with Crippen molar-refractivity contribution in [2.75, 3.05) is 0 Å². The Labute approximate surface area is 106 Å². The largest absolute Gasteiger partial charge is 0.251 e. The van der Waals surface area contributed by atoms with Crippen LogP contribution in [-0.4, -0.2) is 15.0 Å². The Hall–Kier alpha value is -2.29. The maximum absolute atomic E-state index is 4.57. The van der Waals surface area contributed by atoms with Gasteiger partial charge in [0, 0.05) is 17.3 Å². The quantitative estimate of drug-likeness (QED) is 0.649. The van der Waals surface area contributed by atoms with Crippen molar-refractivity contribution in [1.82, 2.24) is 15.0 Å². The molecule has 0 spiro atoms. The second kappa shape index (κ2) is 4.18. The normalized spacial score (nSPS) is 10.8. The van der Waals surface area contributed by atoms with Gasteiger partial charge in [-0.1, -0.05) is 6.07 Å². The van der Waals surface area contributed by atoms with Crippen LogP contribution in [0.5, 0.6) is 0 Å². The van der Waals surface area contributed by atoms with Gasteiger partial charge in [-0.25, -0.2) is 9.97 Å². The summed E-state index contributed by atoms with van der Waals surface area (Å²) in [6, 6.07) is 12.0. The first-order chi connectivity index (χ1) is 8.74. The Morgan fingerprint density at radius 1 is 0.889 bits per heavy atom. The van der Waals surface area contributed by atoms with Crippen LogP contribution in [0, 0.1) is 13.8 Å². The fourth-order valence-electron chi connectivity index (χ4n) is 2.04. The summed E-state index contributed by atoms with van der Waals surface area (Å²) in [5.74, 6) is 0. The molecule has 0 bridgehead atoms. The molecular formula is C15H13N3. The zero-order valence-electron chi connectivity index (χ0n) is 10.4. The lowest BCUT2D eigenvalue weighted by Gasteiger charge is -2.05. The van der Waals surface area contributed by atoms with Gasteiger partial charge in [-0.2, -0.15) is 0 Å². The first kappa shape index (κ1) is 10.8. The third kappa shape index (κ3) is 1.84. The van der Waals surface area contributed by atoms with Crippen molar-refractivity contribution in [3.63, 3.8) is 0 Å². The number of pyridine rings is 3. The molecule has 3 heteroatoms. The number of hydrogen-bond donors (Lipinski definition) is 0. The molecule has 0 amide bonds. The van der Waals surface area contributed by atoms with Gasteiger partial charge in [0.25, 0.3) is 0 Å². The van der Waals surface area contributed by atoms with Crippen LogP contribution in [0.15, 0.2) is 42.6 Å². The second-order valence-corrected chi connectivity index (χ2v) is 4.36. The molecule has 18 heavy (non-hydrogen) atoms. The Morgan fingerprint density at radius 2 is 1.78 bits per heavy atom. The Morgan fingerprint density at radius 3 is 2.61 bits per heavy atom. The van der Waals surface area contributed by atoms with Crippen LogP contribution in [0.4, 0.5) is 0 Å². The van der Waals surface area contributed by atoms with Crippen molar-refractivity contribution in [3.8, 4) is 11.4 Å². The average Bonchev–Trinajstić information content (AvgIpc) is 2.39. The van der Waals surface area contributed by atoms with E-state index in [4.69, 9.17) is 0 Å². The topological polar surface area (TPSA) is 38.7 Å². The Kier molecular flexibility index (Phi) is 2.52.